The third-order valence-corrected chi connectivity index (χ3v) is 11.9. The van der Waals surface area contributed by atoms with Gasteiger partial charge in [0.1, 0.15) is 18.0 Å². The molecule has 4 N–H and O–H groups in total. The van der Waals surface area contributed by atoms with Gasteiger partial charge in [0.2, 0.25) is 11.8 Å². The molecule has 286 valence electrons. The van der Waals surface area contributed by atoms with Crippen molar-refractivity contribution in [3.8, 4) is 21.9 Å². The topological polar surface area (TPSA) is 160 Å². The van der Waals surface area contributed by atoms with Crippen molar-refractivity contribution in [1.82, 2.24) is 35.2 Å². The zero-order valence-corrected chi connectivity index (χ0v) is 31.6. The summed E-state index contributed by atoms with van der Waals surface area (Å²) >= 11 is 1.64. The highest BCUT2D eigenvalue weighted by Crippen LogP contribution is 2.39. The first-order valence-corrected chi connectivity index (χ1v) is 19.5. The van der Waals surface area contributed by atoms with Crippen molar-refractivity contribution in [2.75, 3.05) is 60.1 Å². The number of piperazine rings is 1. The fourth-order valence-electron chi connectivity index (χ4n) is 7.65. The van der Waals surface area contributed by atoms with E-state index in [1.54, 1.807) is 36.0 Å². The van der Waals surface area contributed by atoms with E-state index in [9.17, 15) is 14.0 Å². The molecular formula is C39H44FN11O3S. The van der Waals surface area contributed by atoms with Gasteiger partial charge in [0.25, 0.3) is 0 Å². The Balaban J connectivity index is 0.852. The lowest BCUT2D eigenvalue weighted by molar-refractivity contribution is -0.133. The number of carbonyl (C=O) groups excluding carboxylic acids is 2. The van der Waals surface area contributed by atoms with E-state index in [-0.39, 0.29) is 29.5 Å². The maximum atomic E-state index is 14.3. The average Bonchev–Trinajstić information content (AvgIpc) is 3.88. The minimum atomic E-state index is -0.569. The van der Waals surface area contributed by atoms with Crippen molar-refractivity contribution < 1.29 is 18.7 Å². The summed E-state index contributed by atoms with van der Waals surface area (Å²) < 4.78 is 20.7. The second-order valence-corrected chi connectivity index (χ2v) is 15.2. The summed E-state index contributed by atoms with van der Waals surface area (Å²) in [5, 5.41) is 15.1. The number of pyridine rings is 1. The van der Waals surface area contributed by atoms with E-state index in [1.807, 2.05) is 32.0 Å². The first kappa shape index (κ1) is 36.4. The summed E-state index contributed by atoms with van der Waals surface area (Å²) in [5.74, 6) is -0.212. The summed E-state index contributed by atoms with van der Waals surface area (Å²) in [6.07, 6.45) is 7.37. The average molecular weight is 766 g/mol. The Kier molecular flexibility index (Phi) is 10.3. The van der Waals surface area contributed by atoms with Crippen LogP contribution in [0.4, 0.5) is 26.7 Å². The van der Waals surface area contributed by atoms with Crippen LogP contribution < -0.4 is 30.9 Å². The number of imide groups is 1. The van der Waals surface area contributed by atoms with Crippen LogP contribution in [-0.2, 0) is 9.59 Å². The number of ether oxygens (including phenoxy) is 1. The number of rotatable bonds is 10. The van der Waals surface area contributed by atoms with Gasteiger partial charge in [-0.2, -0.15) is 15.0 Å². The molecule has 0 spiro atoms. The van der Waals surface area contributed by atoms with E-state index < -0.39 is 6.10 Å². The molecular weight excluding hydrogens is 722 g/mol. The molecule has 3 aliphatic rings. The van der Waals surface area contributed by atoms with Crippen LogP contribution in [0.2, 0.25) is 0 Å². The van der Waals surface area contributed by atoms with E-state index in [2.05, 4.69) is 52.6 Å². The number of nitrogens with one attached hydrogen (secondary N) is 2. The quantitative estimate of drug-likeness (QED) is 0.164. The maximum absolute atomic E-state index is 14.3. The van der Waals surface area contributed by atoms with Crippen LogP contribution in [0.25, 0.3) is 16.1 Å². The monoisotopic (exact) mass is 765 g/mol. The molecule has 55 heavy (non-hydrogen) atoms. The van der Waals surface area contributed by atoms with E-state index in [4.69, 9.17) is 15.5 Å². The Labute approximate surface area is 322 Å². The molecule has 8 rings (SSSR count). The van der Waals surface area contributed by atoms with Crippen molar-refractivity contribution >= 4 is 45.5 Å². The molecule has 16 heteroatoms. The van der Waals surface area contributed by atoms with Crippen molar-refractivity contribution in [2.45, 2.75) is 57.7 Å². The van der Waals surface area contributed by atoms with Gasteiger partial charge in [0.05, 0.1) is 28.7 Å². The van der Waals surface area contributed by atoms with E-state index in [0.29, 0.717) is 35.9 Å². The number of benzene rings is 2. The Bertz CT molecular complexity index is 2150. The molecule has 5 aromatic rings. The number of thiazole rings is 1. The van der Waals surface area contributed by atoms with Gasteiger partial charge >= 0.3 is 0 Å². The number of amides is 2. The Hall–Kier alpha value is -5.61. The second-order valence-electron chi connectivity index (χ2n) is 14.2. The SMILES string of the molecule is Cc1nc(N2CCN(C3CCN(c4ccc(NC5CCC(=O)NC5=O)cc4)CC3)CC2)sc1-c1cnc(N)c(O[C@@H](C)c2cc(F)ccc2-n2nccn2)c1. The highest BCUT2D eigenvalue weighted by molar-refractivity contribution is 7.19. The van der Waals surface area contributed by atoms with Gasteiger partial charge in [-0.15, -0.1) is 0 Å². The zero-order valence-electron chi connectivity index (χ0n) is 30.8. The van der Waals surface area contributed by atoms with E-state index in [1.165, 1.54) is 22.6 Å². The molecule has 0 saturated carbocycles. The van der Waals surface area contributed by atoms with Gasteiger partial charge in [0, 0.05) is 80.4 Å². The Morgan fingerprint density at radius 2 is 1.71 bits per heavy atom. The predicted octanol–water partition coefficient (Wildman–Crippen LogP) is 4.96. The largest absolute Gasteiger partial charge is 0.482 e. The molecule has 3 fully saturated rings. The zero-order chi connectivity index (χ0) is 38.1. The maximum Gasteiger partial charge on any atom is 0.249 e. The molecule has 1 unspecified atom stereocenters. The van der Waals surface area contributed by atoms with Gasteiger partial charge in [-0.25, -0.2) is 14.4 Å². The highest BCUT2D eigenvalue weighted by Gasteiger charge is 2.30. The number of anilines is 4. The Morgan fingerprint density at radius 3 is 2.44 bits per heavy atom. The lowest BCUT2D eigenvalue weighted by atomic mass is 10.0. The van der Waals surface area contributed by atoms with Gasteiger partial charge in [0.15, 0.2) is 16.7 Å². The third kappa shape index (κ3) is 7.96. The predicted molar refractivity (Wildman–Crippen MR) is 210 cm³/mol. The molecule has 3 aromatic heterocycles. The Morgan fingerprint density at radius 1 is 0.964 bits per heavy atom. The molecule has 3 aliphatic heterocycles. The minimum absolute atomic E-state index is 0.210. The highest BCUT2D eigenvalue weighted by atomic mass is 32.1. The van der Waals surface area contributed by atoms with Crippen LogP contribution in [0.1, 0.15) is 50.0 Å². The summed E-state index contributed by atoms with van der Waals surface area (Å²) in [4.78, 5) is 42.9. The van der Waals surface area contributed by atoms with E-state index >= 15 is 0 Å². The summed E-state index contributed by atoms with van der Waals surface area (Å²) in [6.45, 7) is 9.59. The minimum Gasteiger partial charge on any atom is -0.482 e. The molecule has 2 amide bonds. The van der Waals surface area contributed by atoms with E-state index in [0.717, 1.165) is 79.1 Å². The molecule has 6 heterocycles. The second kappa shape index (κ2) is 15.6. The number of nitrogens with zero attached hydrogens (tertiary/aromatic N) is 8. The number of hydrogen-bond donors (Lipinski definition) is 3. The fraction of sp³-hybridized carbons (Fsp3) is 0.385. The van der Waals surface area contributed by atoms with Crippen LogP contribution in [0.15, 0.2) is 67.1 Å². The van der Waals surface area contributed by atoms with Gasteiger partial charge < -0.3 is 25.6 Å². The standard InChI is InChI=1S/C39H44FN11O3S/c1-24-36(26-21-34(37(41)42-23-26)54-25(2)31-22-27(40)3-9-33(31)51-43-13-14-44-51)55-39(45-24)50-19-17-49(18-20-50)30-11-15-48(16-12-30)29-6-4-28(5-7-29)46-32-8-10-35(52)47-38(32)53/h3-7,9,13-14,21-23,25,30,32,46H,8,10-12,15-20H2,1-2H3,(H2,41,42)(H,47,52,53)/t25-,32?/m0/s1. The number of aromatic nitrogens is 5. The third-order valence-electron chi connectivity index (χ3n) is 10.7. The van der Waals surface area contributed by atoms with Crippen LogP contribution in [0.3, 0.4) is 0 Å². The van der Waals surface area contributed by atoms with Crippen molar-refractivity contribution in [2.24, 2.45) is 0 Å². The molecule has 2 aromatic carbocycles. The van der Waals surface area contributed by atoms with Gasteiger partial charge in [-0.05, 0) is 81.6 Å². The van der Waals surface area contributed by atoms with Crippen LogP contribution in [-0.4, -0.2) is 93.0 Å². The lowest BCUT2D eigenvalue weighted by Gasteiger charge is -2.43. The van der Waals surface area contributed by atoms with Gasteiger partial charge in [-0.1, -0.05) is 11.3 Å². The molecule has 0 bridgehead atoms. The van der Waals surface area contributed by atoms with Crippen LogP contribution in [0.5, 0.6) is 5.75 Å². The first-order chi connectivity index (χ1) is 26.7. The van der Waals surface area contributed by atoms with Crippen LogP contribution in [0, 0.1) is 12.7 Å². The number of nitrogens with two attached hydrogens (primary N) is 1. The number of hydrogen-bond acceptors (Lipinski definition) is 13. The lowest BCUT2D eigenvalue weighted by Crippen LogP contribution is -2.53. The number of piperidine rings is 2. The fourth-order valence-corrected chi connectivity index (χ4v) is 8.75. The first-order valence-electron chi connectivity index (χ1n) is 18.7. The van der Waals surface area contributed by atoms with Crippen molar-refractivity contribution in [1.29, 1.82) is 0 Å². The molecule has 0 aliphatic carbocycles. The molecule has 3 saturated heterocycles. The molecule has 0 radical (unpaired) electrons. The van der Waals surface area contributed by atoms with Crippen molar-refractivity contribution in [3.63, 3.8) is 0 Å². The number of aryl methyl sites for hydroxylation is 1. The number of halogens is 1. The smallest absolute Gasteiger partial charge is 0.249 e. The molecule has 14 nitrogen and oxygen atoms in total. The summed E-state index contributed by atoms with van der Waals surface area (Å²) in [7, 11) is 0. The summed E-state index contributed by atoms with van der Waals surface area (Å²) in [5.41, 5.74) is 11.3. The van der Waals surface area contributed by atoms with Crippen LogP contribution >= 0.6 is 11.3 Å². The molecule has 2 atom stereocenters. The normalized spacial score (nSPS) is 19.0. The number of carbonyl (C=O) groups is 2. The van der Waals surface area contributed by atoms with Gasteiger partial charge in [-0.3, -0.25) is 19.8 Å². The summed E-state index contributed by atoms with van der Waals surface area (Å²) in [6, 6.07) is 14.7. The number of nitrogen functional groups attached to an aromatic ring is 1. The van der Waals surface area contributed by atoms with Crippen molar-refractivity contribution in [3.05, 3.63) is 84.2 Å².